The molecule has 0 spiro atoms. The van der Waals surface area contributed by atoms with Crippen molar-refractivity contribution in [1.29, 1.82) is 0 Å². The third-order valence-corrected chi connectivity index (χ3v) is 2.12. The van der Waals surface area contributed by atoms with Crippen LogP contribution in [0, 0.1) is 19.8 Å². The number of aryl methyl sites for hydroxylation is 1. The van der Waals surface area contributed by atoms with Crippen molar-refractivity contribution >= 4 is 0 Å². The maximum atomic E-state index is 4.03. The van der Waals surface area contributed by atoms with Crippen molar-refractivity contribution in [3.8, 4) is 0 Å². The molecule has 1 aromatic rings. The molecule has 0 saturated carbocycles. The fraction of sp³-hybridized carbons (Fsp3) is 0.417. The van der Waals surface area contributed by atoms with Crippen LogP contribution in [0.1, 0.15) is 30.5 Å². The van der Waals surface area contributed by atoms with Gasteiger partial charge in [-0.05, 0) is 42.9 Å². The number of hydrogen-bond acceptors (Lipinski definition) is 0. The van der Waals surface area contributed by atoms with E-state index in [1.54, 1.807) is 0 Å². The van der Waals surface area contributed by atoms with Gasteiger partial charge in [0.25, 0.3) is 0 Å². The van der Waals surface area contributed by atoms with Gasteiger partial charge < -0.3 is 0 Å². The lowest BCUT2D eigenvalue weighted by Crippen LogP contribution is -1.99. The second-order valence-electron chi connectivity index (χ2n) is 3.81. The molecule has 0 nitrogen and oxygen atoms in total. The third-order valence-electron chi connectivity index (χ3n) is 2.12. The monoisotopic (exact) mass is 161 g/mol. The molecule has 0 aliphatic heterocycles. The molecule has 0 aliphatic carbocycles. The molecule has 0 saturated heterocycles. The van der Waals surface area contributed by atoms with Crippen LogP contribution in [-0.2, 0) is 6.42 Å². The van der Waals surface area contributed by atoms with Gasteiger partial charge in [-0.3, -0.25) is 0 Å². The summed E-state index contributed by atoms with van der Waals surface area (Å²) in [6.07, 6.45) is 1.14. The summed E-state index contributed by atoms with van der Waals surface area (Å²) in [4.78, 5) is 0. The summed E-state index contributed by atoms with van der Waals surface area (Å²) < 4.78 is 0. The first-order chi connectivity index (χ1) is 5.61. The number of rotatable bonds is 2. The van der Waals surface area contributed by atoms with Gasteiger partial charge in [0.15, 0.2) is 0 Å². The van der Waals surface area contributed by atoms with E-state index in [1.165, 1.54) is 16.7 Å². The first kappa shape index (κ1) is 9.31. The smallest absolute Gasteiger partial charge is 0.0235 e. The van der Waals surface area contributed by atoms with E-state index in [0.29, 0.717) is 5.92 Å². The van der Waals surface area contributed by atoms with Crippen molar-refractivity contribution in [1.82, 2.24) is 0 Å². The average molecular weight is 161 g/mol. The highest BCUT2D eigenvalue weighted by Gasteiger charge is 2.03. The van der Waals surface area contributed by atoms with Crippen LogP contribution in [0.15, 0.2) is 18.2 Å². The van der Waals surface area contributed by atoms with Gasteiger partial charge >= 0.3 is 0 Å². The second-order valence-corrected chi connectivity index (χ2v) is 3.81. The molecule has 1 aromatic carbocycles. The van der Waals surface area contributed by atoms with Crippen LogP contribution in [-0.4, -0.2) is 0 Å². The Balaban J connectivity index is 2.96. The van der Waals surface area contributed by atoms with Gasteiger partial charge in [0.05, 0.1) is 0 Å². The van der Waals surface area contributed by atoms with Crippen molar-refractivity contribution in [2.24, 2.45) is 5.92 Å². The van der Waals surface area contributed by atoms with E-state index in [0.717, 1.165) is 6.42 Å². The Kier molecular flexibility index (Phi) is 2.91. The van der Waals surface area contributed by atoms with Gasteiger partial charge in [0.2, 0.25) is 0 Å². The van der Waals surface area contributed by atoms with Crippen LogP contribution in [0.4, 0.5) is 0 Å². The Morgan fingerprint density at radius 3 is 2.50 bits per heavy atom. The summed E-state index contributed by atoms with van der Waals surface area (Å²) in [6, 6.07) is 6.32. The second kappa shape index (κ2) is 3.75. The van der Waals surface area contributed by atoms with Crippen LogP contribution in [0.5, 0.6) is 0 Å². The van der Waals surface area contributed by atoms with Crippen LogP contribution >= 0.6 is 0 Å². The molecule has 0 amide bonds. The van der Waals surface area contributed by atoms with E-state index >= 15 is 0 Å². The molecule has 65 valence electrons. The zero-order chi connectivity index (χ0) is 9.14. The van der Waals surface area contributed by atoms with Gasteiger partial charge in [-0.25, -0.2) is 0 Å². The standard InChI is InChI=1S/C12H17/c1-9(2)8-12-10(3)6-5-7-11(12)4/h5-7,9H,3,8H2,1-2,4H3. The lowest BCUT2D eigenvalue weighted by molar-refractivity contribution is 0.643. The highest BCUT2D eigenvalue weighted by atomic mass is 14.1. The Morgan fingerprint density at radius 1 is 1.33 bits per heavy atom. The third kappa shape index (κ3) is 2.10. The Bertz CT molecular complexity index is 238. The maximum Gasteiger partial charge on any atom is -0.0235 e. The Labute approximate surface area is 75.6 Å². The van der Waals surface area contributed by atoms with Crippen molar-refractivity contribution in [2.45, 2.75) is 27.2 Å². The lowest BCUT2D eigenvalue weighted by atomic mass is 9.95. The molecular weight excluding hydrogens is 144 g/mol. The van der Waals surface area contributed by atoms with Gasteiger partial charge in [0, 0.05) is 0 Å². The molecule has 12 heavy (non-hydrogen) atoms. The molecule has 0 bridgehead atoms. The minimum absolute atomic E-state index is 0.714. The Morgan fingerprint density at radius 2 is 2.00 bits per heavy atom. The minimum atomic E-state index is 0.714. The van der Waals surface area contributed by atoms with Gasteiger partial charge in [-0.1, -0.05) is 32.0 Å². The molecule has 0 N–H and O–H groups in total. The van der Waals surface area contributed by atoms with Crippen LogP contribution < -0.4 is 0 Å². The minimum Gasteiger partial charge on any atom is -0.0625 e. The van der Waals surface area contributed by atoms with Gasteiger partial charge in [-0.2, -0.15) is 0 Å². The summed E-state index contributed by atoms with van der Waals surface area (Å²) in [5.41, 5.74) is 3.98. The van der Waals surface area contributed by atoms with Crippen LogP contribution in [0.3, 0.4) is 0 Å². The molecule has 1 radical (unpaired) electrons. The molecule has 0 fully saturated rings. The Hall–Kier alpha value is -0.780. The number of hydrogen-bond donors (Lipinski definition) is 0. The normalized spacial score (nSPS) is 10.8. The van der Waals surface area contributed by atoms with Crippen LogP contribution in [0.2, 0.25) is 0 Å². The topological polar surface area (TPSA) is 0 Å². The molecular formula is C12H17. The molecule has 0 aromatic heterocycles. The SMILES string of the molecule is [CH2]c1cccc(C)c1CC(C)C. The van der Waals surface area contributed by atoms with E-state index in [4.69, 9.17) is 0 Å². The molecule has 0 atom stereocenters. The quantitative estimate of drug-likeness (QED) is 0.623. The average Bonchev–Trinajstić information content (AvgIpc) is 1.97. The van der Waals surface area contributed by atoms with E-state index in [-0.39, 0.29) is 0 Å². The summed E-state index contributed by atoms with van der Waals surface area (Å²) in [6.45, 7) is 10.7. The molecule has 1 rings (SSSR count). The maximum absolute atomic E-state index is 4.03. The van der Waals surface area contributed by atoms with E-state index < -0.39 is 0 Å². The molecule has 0 aliphatic rings. The van der Waals surface area contributed by atoms with Gasteiger partial charge in [-0.15, -0.1) is 0 Å². The highest BCUT2D eigenvalue weighted by molar-refractivity contribution is 5.36. The summed E-state index contributed by atoms with van der Waals surface area (Å²) in [7, 11) is 0. The predicted molar refractivity (Wildman–Crippen MR) is 54.2 cm³/mol. The van der Waals surface area contributed by atoms with Crippen molar-refractivity contribution in [3.63, 3.8) is 0 Å². The van der Waals surface area contributed by atoms with E-state index in [1.807, 2.05) is 0 Å². The van der Waals surface area contributed by atoms with Crippen molar-refractivity contribution in [3.05, 3.63) is 41.8 Å². The predicted octanol–water partition coefficient (Wildman–Crippen LogP) is 3.38. The largest absolute Gasteiger partial charge is 0.0625 e. The zero-order valence-corrected chi connectivity index (χ0v) is 8.22. The highest BCUT2D eigenvalue weighted by Crippen LogP contribution is 2.17. The van der Waals surface area contributed by atoms with Gasteiger partial charge in [0.1, 0.15) is 0 Å². The summed E-state index contributed by atoms with van der Waals surface area (Å²) in [5, 5.41) is 0. The molecule has 0 heteroatoms. The summed E-state index contributed by atoms with van der Waals surface area (Å²) >= 11 is 0. The summed E-state index contributed by atoms with van der Waals surface area (Å²) in [5.74, 6) is 0.714. The zero-order valence-electron chi connectivity index (χ0n) is 8.22. The lowest BCUT2D eigenvalue weighted by Gasteiger charge is -2.11. The first-order valence-corrected chi connectivity index (χ1v) is 4.51. The van der Waals surface area contributed by atoms with Crippen molar-refractivity contribution in [2.75, 3.05) is 0 Å². The van der Waals surface area contributed by atoms with Crippen LogP contribution in [0.25, 0.3) is 0 Å². The fourth-order valence-corrected chi connectivity index (χ4v) is 1.46. The van der Waals surface area contributed by atoms with E-state index in [9.17, 15) is 0 Å². The number of benzene rings is 1. The first-order valence-electron chi connectivity index (χ1n) is 4.51. The fourth-order valence-electron chi connectivity index (χ4n) is 1.46. The molecule has 0 heterocycles. The van der Waals surface area contributed by atoms with Crippen molar-refractivity contribution < 1.29 is 0 Å². The van der Waals surface area contributed by atoms with E-state index in [2.05, 4.69) is 45.9 Å². The molecule has 0 unspecified atom stereocenters.